The number of ketones is 1. The van der Waals surface area contributed by atoms with Crippen LogP contribution in [0.4, 0.5) is 13.2 Å². The average Bonchev–Trinajstić information content (AvgIpc) is 2.99. The summed E-state index contributed by atoms with van der Waals surface area (Å²) < 4.78 is 41.5. The van der Waals surface area contributed by atoms with Crippen LogP contribution in [0.15, 0.2) is 30.3 Å². The Labute approximate surface area is 198 Å². The Hall–Kier alpha value is -2.51. The minimum absolute atomic E-state index is 0.0432. The third-order valence-electron chi connectivity index (χ3n) is 6.31. The fourth-order valence-corrected chi connectivity index (χ4v) is 4.76. The number of carbonyl (C=O) groups is 2. The molecular weight excluding hydrogens is 476 g/mol. The zero-order valence-corrected chi connectivity index (χ0v) is 19.7. The van der Waals surface area contributed by atoms with Gasteiger partial charge in [-0.05, 0) is 55.3 Å². The van der Waals surface area contributed by atoms with Crippen molar-refractivity contribution in [1.82, 2.24) is 9.47 Å². The number of fused-ring (bicyclic) bond motifs is 1. The van der Waals surface area contributed by atoms with Crippen molar-refractivity contribution in [2.75, 3.05) is 13.1 Å². The van der Waals surface area contributed by atoms with Crippen LogP contribution in [0.5, 0.6) is 0 Å². The fourth-order valence-electron chi connectivity index (χ4n) is 4.17. The predicted molar refractivity (Wildman–Crippen MR) is 122 cm³/mol. The van der Waals surface area contributed by atoms with Crippen molar-refractivity contribution in [3.63, 3.8) is 0 Å². The van der Waals surface area contributed by atoms with Crippen molar-refractivity contribution in [1.29, 1.82) is 0 Å². The lowest BCUT2D eigenvalue weighted by Gasteiger charge is -2.38. The molecule has 0 spiro atoms. The number of hydrogen-bond donors (Lipinski definition) is 0. The molecule has 0 atom stereocenters. The number of amides is 1. The molecule has 174 valence electrons. The monoisotopic (exact) mass is 496 g/mol. The largest absolute Gasteiger partial charge is 0.416 e. The van der Waals surface area contributed by atoms with Crippen molar-refractivity contribution in [3.05, 3.63) is 68.3 Å². The molecule has 0 saturated carbocycles. The van der Waals surface area contributed by atoms with E-state index in [2.05, 4.69) is 0 Å². The summed E-state index contributed by atoms with van der Waals surface area (Å²) >= 11 is 13.0. The second-order valence-corrected chi connectivity index (χ2v) is 9.29. The van der Waals surface area contributed by atoms with Gasteiger partial charge in [-0.2, -0.15) is 13.2 Å². The number of aryl methyl sites for hydroxylation is 2. The number of halogens is 5. The number of Topliss-reactive ketones (excluding diaryl/α,β-unsaturated/α-hetero) is 1. The van der Waals surface area contributed by atoms with Crippen molar-refractivity contribution in [3.8, 4) is 0 Å². The van der Waals surface area contributed by atoms with Crippen LogP contribution >= 0.6 is 23.2 Å². The summed E-state index contributed by atoms with van der Waals surface area (Å²) in [5.74, 6) is -0.389. The van der Waals surface area contributed by atoms with Crippen LogP contribution in [-0.2, 0) is 24.4 Å². The molecule has 0 N–H and O–H groups in total. The fraction of sp³-hybridized carbons (Fsp3) is 0.333. The summed E-state index contributed by atoms with van der Waals surface area (Å²) in [6.45, 7) is 3.85. The van der Waals surface area contributed by atoms with E-state index in [1.165, 1.54) is 6.92 Å². The van der Waals surface area contributed by atoms with Crippen LogP contribution in [0.1, 0.15) is 39.7 Å². The molecule has 0 bridgehead atoms. The first-order valence-electron chi connectivity index (χ1n) is 10.3. The molecule has 1 aromatic heterocycles. The number of likely N-dealkylation sites (tertiary alicyclic amines) is 1. The quantitative estimate of drug-likeness (QED) is 0.440. The van der Waals surface area contributed by atoms with Gasteiger partial charge in [0.05, 0.1) is 22.1 Å². The molecule has 0 unspecified atom stereocenters. The van der Waals surface area contributed by atoms with Gasteiger partial charge in [0.2, 0.25) is 0 Å². The second kappa shape index (κ2) is 8.37. The molecule has 0 aliphatic carbocycles. The lowest BCUT2D eigenvalue weighted by atomic mass is 9.94. The minimum atomic E-state index is -4.44. The second-order valence-electron chi connectivity index (χ2n) is 8.50. The van der Waals surface area contributed by atoms with E-state index in [1.54, 1.807) is 35.6 Å². The molecule has 3 aromatic rings. The van der Waals surface area contributed by atoms with Gasteiger partial charge in [0.1, 0.15) is 5.78 Å². The lowest BCUT2D eigenvalue weighted by Crippen LogP contribution is -2.52. The van der Waals surface area contributed by atoms with Crippen LogP contribution in [0, 0.1) is 12.8 Å². The van der Waals surface area contributed by atoms with Crippen LogP contribution in [0.25, 0.3) is 10.9 Å². The van der Waals surface area contributed by atoms with Gasteiger partial charge in [-0.1, -0.05) is 23.2 Å². The zero-order valence-electron chi connectivity index (χ0n) is 18.2. The summed E-state index contributed by atoms with van der Waals surface area (Å²) in [5.41, 5.74) is 1.77. The van der Waals surface area contributed by atoms with E-state index < -0.39 is 11.7 Å². The standard InChI is InChI=1S/C24H21Cl2F3N2O2/c1-12-6-15(24(27,28)29)7-21-18(12)8-16(30(21)3)9-19-20(25)5-4-17(22(19)26)23(33)31-10-14(11-31)13(2)32/h4-8,14H,9-11H2,1-3H3. The first kappa shape index (κ1) is 23.6. The highest BCUT2D eigenvalue weighted by Gasteiger charge is 2.35. The van der Waals surface area contributed by atoms with Crippen molar-refractivity contribution in [2.24, 2.45) is 13.0 Å². The number of hydrogen-bond acceptors (Lipinski definition) is 2. The van der Waals surface area contributed by atoms with Crippen LogP contribution in [0.2, 0.25) is 10.0 Å². The van der Waals surface area contributed by atoms with Gasteiger partial charge in [0.15, 0.2) is 0 Å². The average molecular weight is 497 g/mol. The number of carbonyl (C=O) groups excluding carboxylic acids is 2. The molecule has 2 aromatic carbocycles. The molecule has 0 radical (unpaired) electrons. The molecule has 9 heteroatoms. The SMILES string of the molecule is CC(=O)C1CN(C(=O)c2ccc(Cl)c(Cc3cc4c(C)cc(C(F)(F)F)cc4n3C)c2Cl)C1. The number of nitrogens with zero attached hydrogens (tertiary/aromatic N) is 2. The maximum absolute atomic E-state index is 13.3. The van der Waals surface area contributed by atoms with Gasteiger partial charge in [0.25, 0.3) is 5.91 Å². The van der Waals surface area contributed by atoms with E-state index in [9.17, 15) is 22.8 Å². The summed E-state index contributed by atoms with van der Waals surface area (Å²) in [6.07, 6.45) is -4.20. The topological polar surface area (TPSA) is 42.3 Å². The molecular formula is C24H21Cl2F3N2O2. The Kier molecular flexibility index (Phi) is 5.99. The third-order valence-corrected chi connectivity index (χ3v) is 7.10. The van der Waals surface area contributed by atoms with Gasteiger partial charge in [0, 0.05) is 48.2 Å². The van der Waals surface area contributed by atoms with Gasteiger partial charge >= 0.3 is 6.18 Å². The molecule has 33 heavy (non-hydrogen) atoms. The lowest BCUT2D eigenvalue weighted by molar-refractivity contribution is -0.137. The Morgan fingerprint density at radius 1 is 1.12 bits per heavy atom. The van der Waals surface area contributed by atoms with Crippen LogP contribution in [-0.4, -0.2) is 34.2 Å². The molecule has 1 amide bonds. The predicted octanol–water partition coefficient (Wildman–Crippen LogP) is 6.06. The highest BCUT2D eigenvalue weighted by Crippen LogP contribution is 2.36. The van der Waals surface area contributed by atoms with E-state index >= 15 is 0 Å². The van der Waals surface area contributed by atoms with E-state index in [-0.39, 0.29) is 34.6 Å². The summed E-state index contributed by atoms with van der Waals surface area (Å²) in [5, 5.41) is 1.27. The Morgan fingerprint density at radius 3 is 2.39 bits per heavy atom. The summed E-state index contributed by atoms with van der Waals surface area (Å²) in [7, 11) is 1.69. The maximum Gasteiger partial charge on any atom is 0.416 e. The molecule has 1 aliphatic heterocycles. The molecule has 4 nitrogen and oxygen atoms in total. The van der Waals surface area contributed by atoms with E-state index in [0.717, 1.165) is 12.1 Å². The van der Waals surface area contributed by atoms with E-state index in [1.807, 2.05) is 6.07 Å². The molecule has 4 rings (SSSR count). The van der Waals surface area contributed by atoms with Crippen molar-refractivity contribution >= 4 is 45.8 Å². The van der Waals surface area contributed by atoms with Gasteiger partial charge in [-0.15, -0.1) is 0 Å². The Bertz CT molecular complexity index is 1290. The highest BCUT2D eigenvalue weighted by atomic mass is 35.5. The first-order chi connectivity index (χ1) is 15.4. The van der Waals surface area contributed by atoms with E-state index in [4.69, 9.17) is 23.2 Å². The molecule has 2 heterocycles. The summed E-state index contributed by atoms with van der Waals surface area (Å²) in [4.78, 5) is 25.9. The number of alkyl halides is 3. The van der Waals surface area contributed by atoms with Gasteiger partial charge in [-0.25, -0.2) is 0 Å². The van der Waals surface area contributed by atoms with Gasteiger partial charge in [-0.3, -0.25) is 9.59 Å². The Balaban J connectivity index is 1.69. The van der Waals surface area contributed by atoms with E-state index in [0.29, 0.717) is 45.8 Å². The van der Waals surface area contributed by atoms with Crippen LogP contribution < -0.4 is 0 Å². The smallest absolute Gasteiger partial charge is 0.347 e. The van der Waals surface area contributed by atoms with Crippen molar-refractivity contribution in [2.45, 2.75) is 26.4 Å². The van der Waals surface area contributed by atoms with Crippen LogP contribution in [0.3, 0.4) is 0 Å². The Morgan fingerprint density at radius 2 is 1.79 bits per heavy atom. The maximum atomic E-state index is 13.3. The van der Waals surface area contributed by atoms with Crippen molar-refractivity contribution < 1.29 is 22.8 Å². The number of aromatic nitrogens is 1. The highest BCUT2D eigenvalue weighted by molar-refractivity contribution is 6.38. The molecule has 1 fully saturated rings. The van der Waals surface area contributed by atoms with Gasteiger partial charge < -0.3 is 9.47 Å². The molecule has 1 saturated heterocycles. The number of benzene rings is 2. The summed E-state index contributed by atoms with van der Waals surface area (Å²) in [6, 6.07) is 7.22. The normalized spacial score (nSPS) is 14.6. The minimum Gasteiger partial charge on any atom is -0.347 e. The first-order valence-corrected chi connectivity index (χ1v) is 11.1. The number of rotatable bonds is 4. The molecule has 1 aliphatic rings. The zero-order chi connectivity index (χ0) is 24.2. The third kappa shape index (κ3) is 4.24.